The predicted molar refractivity (Wildman–Crippen MR) is 162 cm³/mol. The average Bonchev–Trinajstić information content (AvgIpc) is 3.41. The second-order valence-corrected chi connectivity index (χ2v) is 10.6. The van der Waals surface area contributed by atoms with Gasteiger partial charge in [0.1, 0.15) is 5.52 Å². The van der Waals surface area contributed by atoms with Gasteiger partial charge in [-0.1, -0.05) is 68.4 Å². The van der Waals surface area contributed by atoms with E-state index in [1.54, 1.807) is 0 Å². The number of amides is 1. The van der Waals surface area contributed by atoms with Gasteiger partial charge in [-0.05, 0) is 78.9 Å². The summed E-state index contributed by atoms with van der Waals surface area (Å²) in [6.45, 7) is 14.4. The monoisotopic (exact) mass is 555 g/mol. The lowest BCUT2D eigenvalue weighted by Crippen LogP contribution is -2.37. The Hall–Kier alpha value is -4.04. The topological polar surface area (TPSA) is 100 Å². The molecule has 1 amide bonds. The van der Waals surface area contributed by atoms with Crippen molar-refractivity contribution in [2.75, 3.05) is 19.6 Å². The van der Waals surface area contributed by atoms with Crippen LogP contribution in [0.4, 0.5) is 0 Å². The smallest absolute Gasteiger partial charge is 0.304 e. The molecule has 41 heavy (non-hydrogen) atoms. The number of carbonyl (C=O) groups is 2. The number of nitrogens with zero attached hydrogens (tertiary/aromatic N) is 4. The molecule has 0 radical (unpaired) electrons. The first kappa shape index (κ1) is 29.9. The minimum absolute atomic E-state index is 0.0147. The number of hydrogen-bond acceptors (Lipinski definition) is 5. The molecule has 4 aromatic rings. The third kappa shape index (κ3) is 6.65. The van der Waals surface area contributed by atoms with E-state index in [9.17, 15) is 14.7 Å². The Kier molecular flexibility index (Phi) is 9.89. The van der Waals surface area contributed by atoms with Gasteiger partial charge >= 0.3 is 5.97 Å². The normalized spacial score (nSPS) is 15.1. The molecule has 216 valence electrons. The van der Waals surface area contributed by atoms with E-state index in [0.717, 1.165) is 52.9 Å². The minimum Gasteiger partial charge on any atom is -0.481 e. The summed E-state index contributed by atoms with van der Waals surface area (Å²) in [4.78, 5) is 27.0. The summed E-state index contributed by atoms with van der Waals surface area (Å²) in [6, 6.07) is 19.6. The fourth-order valence-corrected chi connectivity index (χ4v) is 5.70. The van der Waals surface area contributed by atoms with Crippen LogP contribution in [0.1, 0.15) is 84.1 Å². The van der Waals surface area contributed by atoms with Gasteiger partial charge in [-0.25, -0.2) is 4.68 Å². The lowest BCUT2D eigenvalue weighted by atomic mass is 9.82. The molecule has 0 aliphatic carbocycles. The molecule has 2 heterocycles. The van der Waals surface area contributed by atoms with Gasteiger partial charge in [-0.2, -0.15) is 0 Å². The van der Waals surface area contributed by atoms with Crippen LogP contribution in [0.2, 0.25) is 0 Å². The molecule has 2 atom stereocenters. The zero-order chi connectivity index (χ0) is 29.5. The first-order chi connectivity index (χ1) is 19.8. The number of rotatable bonds is 8. The number of aryl methyl sites for hydroxylation is 2. The fourth-order valence-electron chi connectivity index (χ4n) is 5.70. The summed E-state index contributed by atoms with van der Waals surface area (Å²) in [5, 5.41) is 21.5. The number of carboxylic acids is 1. The standard InChI is InChI=1S/C29H30N4O3.C4H11N/c1-4-33-26-13-12-24(19(3)28(26)30-31-33)25(15-27(34)35)21-10-11-23-18(2)16-32(17-22(23)14-21)29(36)20-8-6-5-7-9-20;1-3-5-4-2/h5-14,18,25H,4,15-17H2,1-3H3,(H,34,35);5H,3-4H2,1-2H3/t18-,25-;/m1./s1. The molecule has 5 rings (SSSR count). The lowest BCUT2D eigenvalue weighted by molar-refractivity contribution is -0.137. The van der Waals surface area contributed by atoms with E-state index in [2.05, 4.69) is 48.5 Å². The van der Waals surface area contributed by atoms with Crippen molar-refractivity contribution in [3.8, 4) is 0 Å². The highest BCUT2D eigenvalue weighted by Crippen LogP contribution is 2.37. The van der Waals surface area contributed by atoms with Crippen LogP contribution in [-0.2, 0) is 17.9 Å². The first-order valence-corrected chi connectivity index (χ1v) is 14.5. The number of aliphatic carboxylic acids is 1. The van der Waals surface area contributed by atoms with Crippen molar-refractivity contribution in [1.82, 2.24) is 25.2 Å². The third-order valence-corrected chi connectivity index (χ3v) is 7.80. The highest BCUT2D eigenvalue weighted by atomic mass is 16.4. The van der Waals surface area contributed by atoms with E-state index in [1.165, 1.54) is 5.56 Å². The Morgan fingerprint density at radius 2 is 1.78 bits per heavy atom. The number of aromatic nitrogens is 3. The van der Waals surface area contributed by atoms with E-state index in [4.69, 9.17) is 0 Å². The largest absolute Gasteiger partial charge is 0.481 e. The van der Waals surface area contributed by atoms with Crippen molar-refractivity contribution < 1.29 is 14.7 Å². The SMILES string of the molecule is CCNCC.CCn1nnc2c(C)c([C@H](CC(=O)O)c3ccc4c(c3)CN(C(=O)c3ccccc3)C[C@H]4C)ccc21. The number of carboxylic acid groups (broad SMARTS) is 1. The summed E-state index contributed by atoms with van der Waals surface area (Å²) in [5.41, 5.74) is 7.53. The van der Waals surface area contributed by atoms with Gasteiger partial charge in [-0.15, -0.1) is 5.10 Å². The van der Waals surface area contributed by atoms with Gasteiger partial charge in [0, 0.05) is 31.1 Å². The number of nitrogens with one attached hydrogen (secondary N) is 1. The predicted octanol–water partition coefficient (Wildman–Crippen LogP) is 5.74. The molecular weight excluding hydrogens is 514 g/mol. The molecule has 8 nitrogen and oxygen atoms in total. The quantitative estimate of drug-likeness (QED) is 0.288. The minimum atomic E-state index is -0.858. The van der Waals surface area contributed by atoms with Crippen LogP contribution in [0.15, 0.2) is 60.7 Å². The van der Waals surface area contributed by atoms with Crippen LogP contribution in [0.5, 0.6) is 0 Å². The van der Waals surface area contributed by atoms with Gasteiger partial charge < -0.3 is 15.3 Å². The molecule has 1 aliphatic rings. The van der Waals surface area contributed by atoms with E-state index in [-0.39, 0.29) is 24.2 Å². The maximum absolute atomic E-state index is 13.2. The van der Waals surface area contributed by atoms with Crippen molar-refractivity contribution in [3.05, 3.63) is 94.0 Å². The van der Waals surface area contributed by atoms with E-state index < -0.39 is 5.97 Å². The maximum Gasteiger partial charge on any atom is 0.304 e. The second kappa shape index (κ2) is 13.5. The average molecular weight is 556 g/mol. The highest BCUT2D eigenvalue weighted by Gasteiger charge is 2.28. The van der Waals surface area contributed by atoms with Gasteiger partial charge in [0.15, 0.2) is 0 Å². The van der Waals surface area contributed by atoms with Crippen molar-refractivity contribution in [2.24, 2.45) is 0 Å². The molecule has 0 saturated carbocycles. The molecule has 1 aromatic heterocycles. The van der Waals surface area contributed by atoms with Gasteiger partial charge in [0.05, 0.1) is 11.9 Å². The van der Waals surface area contributed by atoms with Gasteiger partial charge in [0.25, 0.3) is 5.91 Å². The zero-order valence-electron chi connectivity index (χ0n) is 24.7. The van der Waals surface area contributed by atoms with Gasteiger partial charge in [-0.3, -0.25) is 9.59 Å². The molecule has 0 bridgehead atoms. The van der Waals surface area contributed by atoms with Crippen molar-refractivity contribution in [1.29, 1.82) is 0 Å². The van der Waals surface area contributed by atoms with E-state index in [1.807, 2.05) is 72.0 Å². The van der Waals surface area contributed by atoms with Crippen LogP contribution in [0, 0.1) is 6.92 Å². The molecule has 2 N–H and O–H groups in total. The molecule has 0 fully saturated rings. The van der Waals surface area contributed by atoms with Crippen LogP contribution in [0.3, 0.4) is 0 Å². The number of hydrogen-bond donors (Lipinski definition) is 2. The number of fused-ring (bicyclic) bond motifs is 2. The van der Waals surface area contributed by atoms with Crippen LogP contribution >= 0.6 is 0 Å². The second-order valence-electron chi connectivity index (χ2n) is 10.6. The summed E-state index contributed by atoms with van der Waals surface area (Å²) in [7, 11) is 0. The maximum atomic E-state index is 13.2. The Labute approximate surface area is 242 Å². The zero-order valence-corrected chi connectivity index (χ0v) is 24.7. The Morgan fingerprint density at radius 1 is 1.05 bits per heavy atom. The highest BCUT2D eigenvalue weighted by molar-refractivity contribution is 5.94. The summed E-state index contributed by atoms with van der Waals surface area (Å²) < 4.78 is 1.84. The van der Waals surface area contributed by atoms with Crippen molar-refractivity contribution in [2.45, 2.75) is 66.0 Å². The Bertz CT molecular complexity index is 1500. The molecule has 0 unspecified atom stereocenters. The third-order valence-electron chi connectivity index (χ3n) is 7.80. The Balaban J connectivity index is 0.000000714. The van der Waals surface area contributed by atoms with Crippen LogP contribution in [-0.4, -0.2) is 56.5 Å². The number of benzene rings is 3. The van der Waals surface area contributed by atoms with E-state index >= 15 is 0 Å². The molecule has 8 heteroatoms. The Morgan fingerprint density at radius 3 is 2.41 bits per heavy atom. The van der Waals surface area contributed by atoms with E-state index in [0.29, 0.717) is 18.7 Å². The summed E-state index contributed by atoms with van der Waals surface area (Å²) in [5.74, 6) is -0.986. The number of carbonyl (C=O) groups excluding carboxylic acids is 1. The molecule has 0 saturated heterocycles. The van der Waals surface area contributed by atoms with Crippen molar-refractivity contribution >= 4 is 22.9 Å². The van der Waals surface area contributed by atoms with Gasteiger partial charge in [0.2, 0.25) is 0 Å². The molecule has 3 aromatic carbocycles. The van der Waals surface area contributed by atoms with Crippen LogP contribution in [0.25, 0.3) is 11.0 Å². The summed E-state index contributed by atoms with van der Waals surface area (Å²) >= 11 is 0. The molecule has 0 spiro atoms. The lowest BCUT2D eigenvalue weighted by Gasteiger charge is -2.34. The molecule has 1 aliphatic heterocycles. The van der Waals surface area contributed by atoms with Crippen molar-refractivity contribution in [3.63, 3.8) is 0 Å². The first-order valence-electron chi connectivity index (χ1n) is 14.5. The van der Waals surface area contributed by atoms with Crippen LogP contribution < -0.4 is 5.32 Å². The fraction of sp³-hybridized carbons (Fsp3) is 0.394. The summed E-state index contributed by atoms with van der Waals surface area (Å²) in [6.07, 6.45) is -0.0325. The molecular formula is C33H41N5O3.